The highest BCUT2D eigenvalue weighted by Crippen LogP contribution is 2.13. The molecule has 1 heterocycles. The highest BCUT2D eigenvalue weighted by molar-refractivity contribution is 5.89. The van der Waals surface area contributed by atoms with E-state index >= 15 is 0 Å². The summed E-state index contributed by atoms with van der Waals surface area (Å²) in [6.07, 6.45) is 8.58. The molecule has 0 atom stereocenters. The van der Waals surface area contributed by atoms with Gasteiger partial charge in [-0.05, 0) is 12.5 Å². The van der Waals surface area contributed by atoms with Gasteiger partial charge in [-0.25, -0.2) is 4.79 Å². The number of carboxylic acid groups (broad SMARTS) is 1. The van der Waals surface area contributed by atoms with Crippen LogP contribution in [0.3, 0.4) is 0 Å². The van der Waals surface area contributed by atoms with Crippen LogP contribution in [0.25, 0.3) is 0 Å². The van der Waals surface area contributed by atoms with E-state index in [9.17, 15) is 4.79 Å². The van der Waals surface area contributed by atoms with E-state index in [-0.39, 0.29) is 0 Å². The van der Waals surface area contributed by atoms with E-state index in [0.29, 0.717) is 12.1 Å². The molecule has 3 nitrogen and oxygen atoms in total. The summed E-state index contributed by atoms with van der Waals surface area (Å²) in [5.41, 5.74) is 1.18. The number of carboxylic acids is 1. The zero-order chi connectivity index (χ0) is 10.6. The summed E-state index contributed by atoms with van der Waals surface area (Å²) >= 11 is 0. The second-order valence-corrected chi connectivity index (χ2v) is 3.06. The lowest BCUT2D eigenvalue weighted by Gasteiger charge is -2.05. The standard InChI is InChI=1S/C11H13NO2/c1-3-5-10-9(11(13)14)6-8-12(10)7-4-2/h2,6,8H,3,5,7H2,1H3,(H,13,14). The maximum Gasteiger partial charge on any atom is 0.337 e. The molecule has 3 heteroatoms. The lowest BCUT2D eigenvalue weighted by Crippen LogP contribution is -2.06. The molecule has 0 saturated carbocycles. The summed E-state index contributed by atoms with van der Waals surface area (Å²) in [6, 6.07) is 1.60. The zero-order valence-electron chi connectivity index (χ0n) is 8.16. The highest BCUT2D eigenvalue weighted by Gasteiger charge is 2.13. The Bertz CT molecular complexity index is 371. The van der Waals surface area contributed by atoms with Crippen molar-refractivity contribution in [1.82, 2.24) is 4.57 Å². The molecule has 1 rings (SSSR count). The van der Waals surface area contributed by atoms with E-state index in [0.717, 1.165) is 18.5 Å². The van der Waals surface area contributed by atoms with Gasteiger partial charge in [0, 0.05) is 11.9 Å². The number of aromatic nitrogens is 1. The quantitative estimate of drug-likeness (QED) is 0.737. The smallest absolute Gasteiger partial charge is 0.337 e. The molecule has 0 spiro atoms. The van der Waals surface area contributed by atoms with Gasteiger partial charge in [-0.3, -0.25) is 0 Å². The van der Waals surface area contributed by atoms with Gasteiger partial charge < -0.3 is 9.67 Å². The number of aromatic carboxylic acids is 1. The molecule has 14 heavy (non-hydrogen) atoms. The van der Waals surface area contributed by atoms with E-state index in [2.05, 4.69) is 5.92 Å². The summed E-state index contributed by atoms with van der Waals surface area (Å²) < 4.78 is 1.81. The number of rotatable bonds is 4. The monoisotopic (exact) mass is 191 g/mol. The van der Waals surface area contributed by atoms with E-state index < -0.39 is 5.97 Å². The van der Waals surface area contributed by atoms with Crippen LogP contribution in [0.15, 0.2) is 12.3 Å². The SMILES string of the molecule is C#CCn1ccc(C(=O)O)c1CCC. The summed E-state index contributed by atoms with van der Waals surface area (Å²) in [5.74, 6) is 1.62. The number of terminal acetylenes is 1. The van der Waals surface area contributed by atoms with Gasteiger partial charge in [-0.1, -0.05) is 19.3 Å². The fourth-order valence-corrected chi connectivity index (χ4v) is 1.46. The molecule has 0 amide bonds. The average Bonchev–Trinajstić information content (AvgIpc) is 2.50. The fourth-order valence-electron chi connectivity index (χ4n) is 1.46. The topological polar surface area (TPSA) is 42.2 Å². The molecular formula is C11H13NO2. The molecule has 0 unspecified atom stereocenters. The summed E-state index contributed by atoms with van der Waals surface area (Å²) in [4.78, 5) is 10.8. The minimum absolute atomic E-state index is 0.363. The van der Waals surface area contributed by atoms with E-state index in [1.54, 1.807) is 12.3 Å². The first kappa shape index (κ1) is 10.4. The van der Waals surface area contributed by atoms with Gasteiger partial charge in [0.1, 0.15) is 0 Å². The van der Waals surface area contributed by atoms with E-state index in [4.69, 9.17) is 11.5 Å². The first-order valence-corrected chi connectivity index (χ1v) is 4.55. The van der Waals surface area contributed by atoms with Gasteiger partial charge in [0.25, 0.3) is 0 Å². The van der Waals surface area contributed by atoms with Crippen LogP contribution < -0.4 is 0 Å². The molecule has 0 radical (unpaired) electrons. The second-order valence-electron chi connectivity index (χ2n) is 3.06. The van der Waals surface area contributed by atoms with Crippen LogP contribution in [0.1, 0.15) is 29.4 Å². The molecule has 0 aliphatic carbocycles. The molecule has 1 aromatic rings. The predicted molar refractivity (Wildman–Crippen MR) is 54.2 cm³/mol. The molecule has 0 fully saturated rings. The number of nitrogens with zero attached hydrogens (tertiary/aromatic N) is 1. The third-order valence-electron chi connectivity index (χ3n) is 2.06. The Kier molecular flexibility index (Phi) is 3.35. The fraction of sp³-hybridized carbons (Fsp3) is 0.364. The van der Waals surface area contributed by atoms with Gasteiger partial charge >= 0.3 is 5.97 Å². The molecule has 74 valence electrons. The molecule has 0 bridgehead atoms. The van der Waals surface area contributed by atoms with Crippen LogP contribution >= 0.6 is 0 Å². The molecule has 1 aromatic heterocycles. The van der Waals surface area contributed by atoms with Crippen molar-refractivity contribution in [2.24, 2.45) is 0 Å². The summed E-state index contributed by atoms with van der Waals surface area (Å²) in [5, 5.41) is 8.91. The maximum atomic E-state index is 10.8. The Morgan fingerprint density at radius 1 is 1.71 bits per heavy atom. The van der Waals surface area contributed by atoms with Gasteiger partial charge in [-0.15, -0.1) is 6.42 Å². The molecule has 0 aliphatic heterocycles. The third-order valence-corrected chi connectivity index (χ3v) is 2.06. The van der Waals surface area contributed by atoms with Crippen molar-refractivity contribution in [2.75, 3.05) is 0 Å². The maximum absolute atomic E-state index is 10.8. The van der Waals surface area contributed by atoms with Crippen LogP contribution in [0.4, 0.5) is 0 Å². The Morgan fingerprint density at radius 3 is 2.93 bits per heavy atom. The minimum atomic E-state index is -0.885. The molecular weight excluding hydrogens is 178 g/mol. The molecule has 0 aromatic carbocycles. The van der Waals surface area contributed by atoms with Crippen LogP contribution in [-0.4, -0.2) is 15.6 Å². The molecule has 1 N–H and O–H groups in total. The molecule has 0 aliphatic rings. The lowest BCUT2D eigenvalue weighted by atomic mass is 10.1. The van der Waals surface area contributed by atoms with Crippen molar-refractivity contribution in [3.63, 3.8) is 0 Å². The first-order valence-electron chi connectivity index (χ1n) is 4.55. The van der Waals surface area contributed by atoms with E-state index in [1.807, 2.05) is 11.5 Å². The van der Waals surface area contributed by atoms with Gasteiger partial charge in [0.2, 0.25) is 0 Å². The van der Waals surface area contributed by atoms with Crippen LogP contribution in [-0.2, 0) is 13.0 Å². The Hall–Kier alpha value is -1.69. The van der Waals surface area contributed by atoms with Crippen LogP contribution in [0.2, 0.25) is 0 Å². The van der Waals surface area contributed by atoms with Gasteiger partial charge in [0.05, 0.1) is 12.1 Å². The Labute approximate surface area is 83.4 Å². The van der Waals surface area contributed by atoms with Crippen LogP contribution in [0.5, 0.6) is 0 Å². The van der Waals surface area contributed by atoms with E-state index in [1.165, 1.54) is 0 Å². The third kappa shape index (κ3) is 1.97. The highest BCUT2D eigenvalue weighted by atomic mass is 16.4. The second kappa shape index (κ2) is 4.52. The van der Waals surface area contributed by atoms with Crippen molar-refractivity contribution >= 4 is 5.97 Å². The number of carbonyl (C=O) groups is 1. The lowest BCUT2D eigenvalue weighted by molar-refractivity contribution is 0.0695. The Balaban J connectivity index is 3.07. The van der Waals surface area contributed by atoms with Crippen molar-refractivity contribution in [1.29, 1.82) is 0 Å². The van der Waals surface area contributed by atoms with Crippen molar-refractivity contribution < 1.29 is 9.90 Å². The van der Waals surface area contributed by atoms with Gasteiger partial charge in [0.15, 0.2) is 0 Å². The summed E-state index contributed by atoms with van der Waals surface area (Å²) in [7, 11) is 0. The van der Waals surface area contributed by atoms with Crippen LogP contribution in [0, 0.1) is 12.3 Å². The van der Waals surface area contributed by atoms with Crippen molar-refractivity contribution in [3.8, 4) is 12.3 Å². The number of hydrogen-bond acceptors (Lipinski definition) is 1. The minimum Gasteiger partial charge on any atom is -0.478 e. The predicted octanol–water partition coefficient (Wildman–Crippen LogP) is 1.77. The summed E-state index contributed by atoms with van der Waals surface area (Å²) in [6.45, 7) is 2.45. The Morgan fingerprint density at radius 2 is 2.43 bits per heavy atom. The average molecular weight is 191 g/mol. The first-order chi connectivity index (χ1) is 6.70. The number of hydrogen-bond donors (Lipinski definition) is 1. The largest absolute Gasteiger partial charge is 0.478 e. The van der Waals surface area contributed by atoms with Crippen molar-refractivity contribution in [2.45, 2.75) is 26.3 Å². The zero-order valence-corrected chi connectivity index (χ0v) is 8.16. The van der Waals surface area contributed by atoms with Gasteiger partial charge in [-0.2, -0.15) is 0 Å². The normalized spacial score (nSPS) is 9.71. The van der Waals surface area contributed by atoms with Crippen molar-refractivity contribution in [3.05, 3.63) is 23.5 Å². The molecule has 0 saturated heterocycles.